The standard InChI is InChI=1S/C19H20N4O2.ClH/c1-11-2-5-15-13(8-11)14(9-16(21-15)12-3-4-12)19-22-18(23-25-19)17-10-24-7-6-20-17;/h2,5,8-9,12,17,20H,3-4,6-7,10H2,1H3;1H. The first kappa shape index (κ1) is 17.4. The number of rotatable bonds is 3. The number of fused-ring (bicyclic) bond motifs is 1. The van der Waals surface area contributed by atoms with E-state index >= 15 is 0 Å². The Morgan fingerprint density at radius 3 is 2.81 bits per heavy atom. The first-order chi connectivity index (χ1) is 12.3. The lowest BCUT2D eigenvalue weighted by atomic mass is 10.0. The quantitative estimate of drug-likeness (QED) is 0.757. The van der Waals surface area contributed by atoms with Crippen molar-refractivity contribution >= 4 is 23.3 Å². The van der Waals surface area contributed by atoms with Crippen molar-refractivity contribution in [2.24, 2.45) is 0 Å². The van der Waals surface area contributed by atoms with Crippen LogP contribution in [0.1, 0.15) is 41.9 Å². The van der Waals surface area contributed by atoms with Gasteiger partial charge in [-0.05, 0) is 38.0 Å². The number of halogens is 1. The summed E-state index contributed by atoms with van der Waals surface area (Å²) in [4.78, 5) is 9.50. The van der Waals surface area contributed by atoms with Gasteiger partial charge in [-0.3, -0.25) is 4.98 Å². The first-order valence-electron chi connectivity index (χ1n) is 8.84. The monoisotopic (exact) mass is 372 g/mol. The Hall–Kier alpha value is -2.02. The molecule has 1 aliphatic carbocycles. The van der Waals surface area contributed by atoms with Crippen molar-refractivity contribution < 1.29 is 9.26 Å². The van der Waals surface area contributed by atoms with E-state index in [1.807, 2.05) is 0 Å². The van der Waals surface area contributed by atoms with Gasteiger partial charge in [0, 0.05) is 23.5 Å². The molecule has 0 amide bonds. The molecule has 1 N–H and O–H groups in total. The van der Waals surface area contributed by atoms with Crippen molar-refractivity contribution in [3.63, 3.8) is 0 Å². The van der Waals surface area contributed by atoms with Crippen molar-refractivity contribution in [2.75, 3.05) is 19.8 Å². The zero-order chi connectivity index (χ0) is 16.8. The summed E-state index contributed by atoms with van der Waals surface area (Å²) in [6, 6.07) is 8.43. The normalized spacial score (nSPS) is 20.1. The molecule has 3 aromatic rings. The molecular weight excluding hydrogens is 352 g/mol. The van der Waals surface area contributed by atoms with E-state index in [0.29, 0.717) is 24.2 Å². The molecule has 1 saturated heterocycles. The highest BCUT2D eigenvalue weighted by molar-refractivity contribution is 5.93. The summed E-state index contributed by atoms with van der Waals surface area (Å²) in [7, 11) is 0. The summed E-state index contributed by atoms with van der Waals surface area (Å²) >= 11 is 0. The zero-order valence-corrected chi connectivity index (χ0v) is 15.4. The van der Waals surface area contributed by atoms with Gasteiger partial charge in [0.1, 0.15) is 0 Å². The fourth-order valence-corrected chi connectivity index (χ4v) is 3.34. The average molecular weight is 373 g/mol. The lowest BCUT2D eigenvalue weighted by Crippen LogP contribution is -2.35. The number of pyridine rings is 1. The highest BCUT2D eigenvalue weighted by Crippen LogP contribution is 2.41. The Morgan fingerprint density at radius 1 is 1.15 bits per heavy atom. The SMILES string of the molecule is Cc1ccc2nc(C3CC3)cc(-c3nc(C4COCCN4)no3)c2c1.Cl. The van der Waals surface area contributed by atoms with E-state index in [9.17, 15) is 0 Å². The summed E-state index contributed by atoms with van der Waals surface area (Å²) in [5, 5.41) is 8.61. The minimum absolute atomic E-state index is 0. The van der Waals surface area contributed by atoms with Crippen molar-refractivity contribution in [3.8, 4) is 11.5 Å². The van der Waals surface area contributed by atoms with E-state index in [4.69, 9.17) is 14.2 Å². The predicted octanol–water partition coefficient (Wildman–Crippen LogP) is 3.55. The zero-order valence-electron chi connectivity index (χ0n) is 14.6. The van der Waals surface area contributed by atoms with Crippen molar-refractivity contribution in [1.29, 1.82) is 0 Å². The Balaban J connectivity index is 0.00000168. The maximum atomic E-state index is 5.62. The fourth-order valence-electron chi connectivity index (χ4n) is 3.34. The third-order valence-electron chi connectivity index (χ3n) is 4.89. The summed E-state index contributed by atoms with van der Waals surface area (Å²) in [6.45, 7) is 4.18. The number of aryl methyl sites for hydroxylation is 1. The Labute approximate surface area is 157 Å². The van der Waals surface area contributed by atoms with Gasteiger partial charge in [0.15, 0.2) is 5.82 Å². The number of aromatic nitrogens is 3. The van der Waals surface area contributed by atoms with Crippen LogP contribution in [0.25, 0.3) is 22.4 Å². The molecule has 0 bridgehead atoms. The van der Waals surface area contributed by atoms with Gasteiger partial charge in [0.25, 0.3) is 5.89 Å². The van der Waals surface area contributed by atoms with E-state index in [1.165, 1.54) is 18.4 Å². The third-order valence-corrected chi connectivity index (χ3v) is 4.89. The van der Waals surface area contributed by atoms with Gasteiger partial charge < -0.3 is 14.6 Å². The van der Waals surface area contributed by atoms with Gasteiger partial charge in [0.05, 0.1) is 30.3 Å². The Morgan fingerprint density at radius 2 is 2.04 bits per heavy atom. The van der Waals surface area contributed by atoms with E-state index in [-0.39, 0.29) is 18.4 Å². The molecule has 3 heterocycles. The first-order valence-corrected chi connectivity index (χ1v) is 8.84. The third kappa shape index (κ3) is 3.20. The summed E-state index contributed by atoms with van der Waals surface area (Å²) in [5.74, 6) is 1.78. The fraction of sp³-hybridized carbons (Fsp3) is 0.421. The Kier molecular flexibility index (Phi) is 4.65. The van der Waals surface area contributed by atoms with Gasteiger partial charge in [-0.2, -0.15) is 4.98 Å². The van der Waals surface area contributed by atoms with E-state index < -0.39 is 0 Å². The van der Waals surface area contributed by atoms with Crippen LogP contribution < -0.4 is 5.32 Å². The second-order valence-electron chi connectivity index (χ2n) is 6.93. The second-order valence-corrected chi connectivity index (χ2v) is 6.93. The predicted molar refractivity (Wildman–Crippen MR) is 101 cm³/mol. The summed E-state index contributed by atoms with van der Waals surface area (Å²) in [6.07, 6.45) is 2.42. The van der Waals surface area contributed by atoms with Crippen molar-refractivity contribution in [1.82, 2.24) is 20.4 Å². The van der Waals surface area contributed by atoms with Crippen LogP contribution in [0.3, 0.4) is 0 Å². The van der Waals surface area contributed by atoms with E-state index in [0.717, 1.165) is 35.3 Å². The highest BCUT2D eigenvalue weighted by Gasteiger charge is 2.28. The number of nitrogens with one attached hydrogen (secondary N) is 1. The van der Waals surface area contributed by atoms with Gasteiger partial charge in [-0.1, -0.05) is 16.8 Å². The summed E-state index contributed by atoms with van der Waals surface area (Å²) in [5.41, 5.74) is 4.29. The van der Waals surface area contributed by atoms with Gasteiger partial charge in [-0.15, -0.1) is 12.4 Å². The lowest BCUT2D eigenvalue weighted by molar-refractivity contribution is 0.0734. The molecule has 5 rings (SSSR count). The minimum Gasteiger partial charge on any atom is -0.378 e. The average Bonchev–Trinajstić information content (AvgIpc) is 3.38. The molecule has 1 aromatic carbocycles. The molecule has 7 heteroatoms. The van der Waals surface area contributed by atoms with E-state index in [1.54, 1.807) is 0 Å². The molecule has 6 nitrogen and oxygen atoms in total. The number of hydrogen-bond acceptors (Lipinski definition) is 6. The number of morpholine rings is 1. The number of nitrogens with zero attached hydrogens (tertiary/aromatic N) is 3. The van der Waals surface area contributed by atoms with Crippen LogP contribution in [-0.2, 0) is 4.74 Å². The van der Waals surface area contributed by atoms with Crippen LogP contribution in [0.4, 0.5) is 0 Å². The maximum Gasteiger partial charge on any atom is 0.258 e. The molecule has 0 radical (unpaired) electrons. The molecule has 0 spiro atoms. The highest BCUT2D eigenvalue weighted by atomic mass is 35.5. The van der Waals surface area contributed by atoms with Crippen molar-refractivity contribution in [3.05, 3.63) is 41.3 Å². The van der Waals surface area contributed by atoms with Gasteiger partial charge >= 0.3 is 0 Å². The van der Waals surface area contributed by atoms with E-state index in [2.05, 4.69) is 46.6 Å². The van der Waals surface area contributed by atoms with Crippen LogP contribution in [-0.4, -0.2) is 34.9 Å². The van der Waals surface area contributed by atoms with Gasteiger partial charge in [0.2, 0.25) is 0 Å². The molecule has 2 fully saturated rings. The second kappa shape index (κ2) is 6.95. The molecule has 136 valence electrons. The van der Waals surface area contributed by atoms with Crippen LogP contribution >= 0.6 is 12.4 Å². The molecular formula is C19H21ClN4O2. The Bertz CT molecular complexity index is 932. The van der Waals surface area contributed by atoms with Crippen molar-refractivity contribution in [2.45, 2.75) is 31.7 Å². The molecule has 1 aliphatic heterocycles. The maximum absolute atomic E-state index is 5.62. The van der Waals surface area contributed by atoms with Crippen LogP contribution in [0.5, 0.6) is 0 Å². The molecule has 1 unspecified atom stereocenters. The number of hydrogen-bond donors (Lipinski definition) is 1. The molecule has 1 saturated carbocycles. The molecule has 1 atom stereocenters. The molecule has 2 aromatic heterocycles. The lowest BCUT2D eigenvalue weighted by Gasteiger charge is -2.20. The van der Waals surface area contributed by atoms with Crippen LogP contribution in [0.15, 0.2) is 28.8 Å². The van der Waals surface area contributed by atoms with Crippen LogP contribution in [0.2, 0.25) is 0 Å². The smallest absolute Gasteiger partial charge is 0.258 e. The topological polar surface area (TPSA) is 73.1 Å². The summed E-state index contributed by atoms with van der Waals surface area (Å²) < 4.78 is 11.1. The molecule has 26 heavy (non-hydrogen) atoms. The molecule has 2 aliphatic rings. The number of benzene rings is 1. The van der Waals surface area contributed by atoms with Crippen LogP contribution in [0, 0.1) is 6.92 Å². The minimum atomic E-state index is -0.0102. The largest absolute Gasteiger partial charge is 0.378 e. The van der Waals surface area contributed by atoms with Gasteiger partial charge in [-0.25, -0.2) is 0 Å². The number of ether oxygens (including phenoxy) is 1.